The zero-order valence-electron chi connectivity index (χ0n) is 20.7. The number of halogens is 3. The third kappa shape index (κ3) is 8.88. The van der Waals surface area contributed by atoms with Gasteiger partial charge in [-0.2, -0.15) is 18.3 Å². The molecule has 0 radical (unpaired) electrons. The van der Waals surface area contributed by atoms with Crippen LogP contribution < -0.4 is 25.5 Å². The zero-order chi connectivity index (χ0) is 28.3. The van der Waals surface area contributed by atoms with Gasteiger partial charge in [-0.15, -0.1) is 0 Å². The van der Waals surface area contributed by atoms with Crippen molar-refractivity contribution in [2.75, 3.05) is 23.8 Å². The maximum atomic E-state index is 13.1. The first-order valence-electron chi connectivity index (χ1n) is 11.7. The van der Waals surface area contributed by atoms with Crippen LogP contribution >= 0.6 is 0 Å². The number of anilines is 2. The topological polar surface area (TPSA) is 118 Å². The van der Waals surface area contributed by atoms with Crippen LogP contribution in [-0.4, -0.2) is 37.1 Å². The summed E-state index contributed by atoms with van der Waals surface area (Å²) in [6.45, 7) is 1.95. The average molecular weight is 543 g/mol. The van der Waals surface area contributed by atoms with Crippen molar-refractivity contribution in [2.24, 2.45) is 5.10 Å². The first-order chi connectivity index (χ1) is 18.7. The summed E-state index contributed by atoms with van der Waals surface area (Å²) in [7, 11) is 0. The van der Waals surface area contributed by atoms with E-state index in [0.717, 1.165) is 18.6 Å². The van der Waals surface area contributed by atoms with Gasteiger partial charge in [0.15, 0.2) is 6.61 Å². The van der Waals surface area contributed by atoms with Gasteiger partial charge in [-0.3, -0.25) is 14.4 Å². The van der Waals surface area contributed by atoms with Crippen molar-refractivity contribution < 1.29 is 37.0 Å². The molecule has 3 aromatic rings. The fraction of sp³-hybridized carbons (Fsp3) is 0.185. The first kappa shape index (κ1) is 28.7. The van der Waals surface area contributed by atoms with Gasteiger partial charge in [-0.1, -0.05) is 31.2 Å². The van der Waals surface area contributed by atoms with Crippen molar-refractivity contribution in [3.63, 3.8) is 0 Å². The molecule has 3 aromatic carbocycles. The summed E-state index contributed by atoms with van der Waals surface area (Å²) in [5.74, 6) is -1.99. The Morgan fingerprint density at radius 3 is 2.28 bits per heavy atom. The van der Waals surface area contributed by atoms with E-state index in [1.807, 2.05) is 6.92 Å². The van der Waals surface area contributed by atoms with Crippen LogP contribution in [-0.2, 0) is 20.6 Å². The van der Waals surface area contributed by atoms with Gasteiger partial charge in [0.1, 0.15) is 11.5 Å². The second kappa shape index (κ2) is 13.6. The Hall–Kier alpha value is -4.87. The summed E-state index contributed by atoms with van der Waals surface area (Å²) < 4.78 is 50.3. The molecule has 12 heteroatoms. The monoisotopic (exact) mass is 542 g/mol. The zero-order valence-corrected chi connectivity index (χ0v) is 20.7. The van der Waals surface area contributed by atoms with E-state index >= 15 is 0 Å². The Balaban J connectivity index is 1.53. The number of para-hydroxylation sites is 2. The van der Waals surface area contributed by atoms with Crippen molar-refractivity contribution in [3.05, 3.63) is 83.9 Å². The predicted molar refractivity (Wildman–Crippen MR) is 139 cm³/mol. The molecule has 9 nitrogen and oxygen atoms in total. The van der Waals surface area contributed by atoms with Gasteiger partial charge in [-0.05, 0) is 55.0 Å². The van der Waals surface area contributed by atoms with Crippen molar-refractivity contribution in [3.8, 4) is 11.5 Å². The highest BCUT2D eigenvalue weighted by Crippen LogP contribution is 2.34. The van der Waals surface area contributed by atoms with Crippen LogP contribution in [0, 0.1) is 0 Å². The molecule has 0 aliphatic rings. The molecule has 0 atom stereocenters. The molecule has 0 bridgehead atoms. The predicted octanol–water partition coefficient (Wildman–Crippen LogP) is 4.60. The second-order valence-corrected chi connectivity index (χ2v) is 7.94. The first-order valence-corrected chi connectivity index (χ1v) is 11.7. The van der Waals surface area contributed by atoms with Crippen molar-refractivity contribution in [2.45, 2.75) is 19.5 Å². The van der Waals surface area contributed by atoms with Crippen LogP contribution in [0.5, 0.6) is 11.5 Å². The molecule has 39 heavy (non-hydrogen) atoms. The summed E-state index contributed by atoms with van der Waals surface area (Å²) in [5, 5.41) is 8.35. The number of alkyl halides is 3. The lowest BCUT2D eigenvalue weighted by Crippen LogP contribution is -2.32. The molecule has 0 fully saturated rings. The van der Waals surface area contributed by atoms with E-state index in [1.165, 1.54) is 24.4 Å². The number of hydrogen-bond donors (Lipinski definition) is 3. The van der Waals surface area contributed by atoms with Gasteiger partial charge >= 0.3 is 18.0 Å². The van der Waals surface area contributed by atoms with Crippen molar-refractivity contribution in [1.82, 2.24) is 5.43 Å². The van der Waals surface area contributed by atoms with Gasteiger partial charge in [-0.25, -0.2) is 5.43 Å². The minimum Gasteiger partial charge on any atom is -0.494 e. The molecular formula is C27H25F3N4O5. The lowest BCUT2D eigenvalue weighted by atomic mass is 10.1. The molecule has 0 unspecified atom stereocenters. The Bertz CT molecular complexity index is 1330. The lowest BCUT2D eigenvalue weighted by molar-refractivity contribution is -0.137. The molecule has 3 amide bonds. The number of rotatable bonds is 10. The molecule has 0 saturated carbocycles. The number of carbonyl (C=O) groups is 3. The van der Waals surface area contributed by atoms with Gasteiger partial charge in [0.05, 0.1) is 24.1 Å². The third-order valence-corrected chi connectivity index (χ3v) is 4.95. The standard InChI is InChI=1S/C27H25F3N4O5/c1-2-15-38-20-13-11-19(12-14-20)32-25(36)26(37)34-31-16-18-7-3-6-10-23(18)39-17-24(35)33-22-9-5-4-8-21(22)27(28,29)30/h3-14,16H,2,15,17H2,1H3,(H,32,36)(H,33,35)(H,34,37)/b31-16-. The minimum absolute atomic E-state index is 0.171. The fourth-order valence-electron chi connectivity index (χ4n) is 3.14. The van der Waals surface area contributed by atoms with E-state index in [2.05, 4.69) is 21.2 Å². The number of amides is 3. The number of benzene rings is 3. The number of carbonyl (C=O) groups excluding carboxylic acids is 3. The molecule has 3 N–H and O–H groups in total. The van der Waals surface area contributed by atoms with Crippen molar-refractivity contribution >= 4 is 35.3 Å². The van der Waals surface area contributed by atoms with Crippen LogP contribution in [0.4, 0.5) is 24.5 Å². The molecule has 0 spiro atoms. The third-order valence-electron chi connectivity index (χ3n) is 4.95. The summed E-state index contributed by atoms with van der Waals surface area (Å²) in [4.78, 5) is 36.4. The highest BCUT2D eigenvalue weighted by atomic mass is 19.4. The van der Waals surface area contributed by atoms with E-state index in [0.29, 0.717) is 23.6 Å². The van der Waals surface area contributed by atoms with Crippen molar-refractivity contribution in [1.29, 1.82) is 0 Å². The van der Waals surface area contributed by atoms with Crippen LogP contribution in [0.25, 0.3) is 0 Å². The van der Waals surface area contributed by atoms with E-state index in [1.54, 1.807) is 42.5 Å². The van der Waals surface area contributed by atoms with E-state index < -0.39 is 41.8 Å². The van der Waals surface area contributed by atoms with Gasteiger partial charge in [0.25, 0.3) is 5.91 Å². The molecular weight excluding hydrogens is 517 g/mol. The molecule has 0 heterocycles. The Kier molecular flexibility index (Phi) is 10.0. The minimum atomic E-state index is -4.64. The summed E-state index contributed by atoms with van der Waals surface area (Å²) in [6, 6.07) is 17.4. The number of ether oxygens (including phenoxy) is 2. The van der Waals surface area contributed by atoms with Gasteiger partial charge in [0, 0.05) is 11.3 Å². The number of hydrazone groups is 1. The van der Waals surface area contributed by atoms with Gasteiger partial charge in [0.2, 0.25) is 0 Å². The average Bonchev–Trinajstić information content (AvgIpc) is 2.91. The fourth-order valence-corrected chi connectivity index (χ4v) is 3.14. The number of nitrogens with zero attached hydrogens (tertiary/aromatic N) is 1. The van der Waals surface area contributed by atoms with E-state index in [4.69, 9.17) is 9.47 Å². The maximum absolute atomic E-state index is 13.1. The van der Waals surface area contributed by atoms with Crippen LogP contribution in [0.2, 0.25) is 0 Å². The molecule has 0 aliphatic heterocycles. The molecule has 0 aromatic heterocycles. The Morgan fingerprint density at radius 1 is 0.872 bits per heavy atom. The molecule has 3 rings (SSSR count). The smallest absolute Gasteiger partial charge is 0.418 e. The molecule has 0 aliphatic carbocycles. The van der Waals surface area contributed by atoms with Crippen LogP contribution in [0.15, 0.2) is 77.9 Å². The maximum Gasteiger partial charge on any atom is 0.418 e. The lowest BCUT2D eigenvalue weighted by Gasteiger charge is -2.14. The highest BCUT2D eigenvalue weighted by Gasteiger charge is 2.33. The summed E-state index contributed by atoms with van der Waals surface area (Å²) >= 11 is 0. The Morgan fingerprint density at radius 2 is 1.56 bits per heavy atom. The van der Waals surface area contributed by atoms with Crippen LogP contribution in [0.1, 0.15) is 24.5 Å². The van der Waals surface area contributed by atoms with E-state index in [-0.39, 0.29) is 5.75 Å². The van der Waals surface area contributed by atoms with E-state index in [9.17, 15) is 27.6 Å². The number of nitrogens with one attached hydrogen (secondary N) is 3. The second-order valence-electron chi connectivity index (χ2n) is 7.94. The molecule has 0 saturated heterocycles. The highest BCUT2D eigenvalue weighted by molar-refractivity contribution is 6.39. The molecule has 204 valence electrons. The number of hydrogen-bond acceptors (Lipinski definition) is 6. The summed E-state index contributed by atoms with van der Waals surface area (Å²) in [5.41, 5.74) is 1.44. The summed E-state index contributed by atoms with van der Waals surface area (Å²) in [6.07, 6.45) is -2.59. The largest absolute Gasteiger partial charge is 0.494 e. The van der Waals surface area contributed by atoms with Crippen LogP contribution in [0.3, 0.4) is 0 Å². The Labute approximate surface area is 222 Å². The normalized spacial score (nSPS) is 11.1. The SMILES string of the molecule is CCCOc1ccc(NC(=O)C(=O)N/N=C\c2ccccc2OCC(=O)Nc2ccccc2C(F)(F)F)cc1. The quantitative estimate of drug-likeness (QED) is 0.197. The van der Waals surface area contributed by atoms with Gasteiger partial charge < -0.3 is 20.1 Å².